The molecule has 0 amide bonds. The van der Waals surface area contributed by atoms with Gasteiger partial charge in [0.25, 0.3) is 0 Å². The van der Waals surface area contributed by atoms with Crippen LogP contribution in [0.2, 0.25) is 0 Å². The average Bonchev–Trinajstić information content (AvgIpc) is 3.33. The molecule has 1 aliphatic carbocycles. The summed E-state index contributed by atoms with van der Waals surface area (Å²) in [4.78, 5) is 0. The van der Waals surface area contributed by atoms with E-state index in [0.29, 0.717) is 17.8 Å². The lowest BCUT2D eigenvalue weighted by molar-refractivity contribution is 0.0667. The summed E-state index contributed by atoms with van der Waals surface area (Å²) in [7, 11) is 0. The summed E-state index contributed by atoms with van der Waals surface area (Å²) in [6, 6.07) is 9.49. The lowest BCUT2D eigenvalue weighted by atomic mass is 10.0. The number of hydrogen-bond donors (Lipinski definition) is 2. The SMILES string of the molecule is CCC(=N)c1ccc(-c2ccnn2C2CCOCC2)cc1NC1CC1. The number of anilines is 1. The average molecular weight is 338 g/mol. The molecule has 1 saturated carbocycles. The summed E-state index contributed by atoms with van der Waals surface area (Å²) < 4.78 is 7.65. The molecular formula is C20H26N4O. The monoisotopic (exact) mass is 338 g/mol. The first-order chi connectivity index (χ1) is 12.3. The predicted molar refractivity (Wildman–Crippen MR) is 101 cm³/mol. The van der Waals surface area contributed by atoms with E-state index in [9.17, 15) is 0 Å². The van der Waals surface area contributed by atoms with Crippen molar-refractivity contribution in [2.75, 3.05) is 18.5 Å². The van der Waals surface area contributed by atoms with Crippen molar-refractivity contribution in [3.8, 4) is 11.3 Å². The molecule has 0 spiro atoms. The molecule has 2 aromatic rings. The van der Waals surface area contributed by atoms with Gasteiger partial charge in [0.2, 0.25) is 0 Å². The largest absolute Gasteiger partial charge is 0.382 e. The van der Waals surface area contributed by atoms with Crippen molar-refractivity contribution < 1.29 is 4.74 Å². The number of aromatic nitrogens is 2. The first-order valence-corrected chi connectivity index (χ1v) is 9.36. The molecule has 0 unspecified atom stereocenters. The van der Waals surface area contributed by atoms with Crippen LogP contribution in [0.1, 0.15) is 50.6 Å². The lowest BCUT2D eigenvalue weighted by Gasteiger charge is -2.24. The second-order valence-electron chi connectivity index (χ2n) is 7.02. The molecule has 2 aliphatic rings. The summed E-state index contributed by atoms with van der Waals surface area (Å²) in [5, 5.41) is 16.5. The Morgan fingerprint density at radius 2 is 2.04 bits per heavy atom. The van der Waals surface area contributed by atoms with Crippen LogP contribution in [0.25, 0.3) is 11.3 Å². The molecule has 132 valence electrons. The Bertz CT molecular complexity index is 757. The fourth-order valence-corrected chi connectivity index (χ4v) is 3.49. The zero-order valence-corrected chi connectivity index (χ0v) is 14.8. The molecule has 1 aromatic heterocycles. The van der Waals surface area contributed by atoms with Gasteiger partial charge in [-0.15, -0.1) is 0 Å². The van der Waals surface area contributed by atoms with Crippen LogP contribution in [0, 0.1) is 5.41 Å². The molecule has 2 N–H and O–H groups in total. The Labute approximate surface area is 148 Å². The Kier molecular flexibility index (Phi) is 4.57. The van der Waals surface area contributed by atoms with Crippen molar-refractivity contribution in [2.45, 2.75) is 51.1 Å². The molecule has 5 heteroatoms. The fourth-order valence-electron chi connectivity index (χ4n) is 3.49. The van der Waals surface area contributed by atoms with Crippen LogP contribution in [0.15, 0.2) is 30.5 Å². The molecule has 0 radical (unpaired) electrons. The first kappa shape index (κ1) is 16.3. The maximum absolute atomic E-state index is 8.26. The van der Waals surface area contributed by atoms with Crippen molar-refractivity contribution in [2.24, 2.45) is 0 Å². The van der Waals surface area contributed by atoms with Crippen LogP contribution < -0.4 is 5.32 Å². The third-order valence-electron chi connectivity index (χ3n) is 5.14. The molecule has 1 saturated heterocycles. The Balaban J connectivity index is 1.68. The summed E-state index contributed by atoms with van der Waals surface area (Å²) in [6.07, 6.45) is 7.12. The van der Waals surface area contributed by atoms with Gasteiger partial charge in [0.15, 0.2) is 0 Å². The second-order valence-corrected chi connectivity index (χ2v) is 7.02. The van der Waals surface area contributed by atoms with Crippen LogP contribution in [0.4, 0.5) is 5.69 Å². The minimum Gasteiger partial charge on any atom is -0.382 e. The molecule has 0 atom stereocenters. The molecule has 25 heavy (non-hydrogen) atoms. The van der Waals surface area contributed by atoms with E-state index in [-0.39, 0.29) is 0 Å². The van der Waals surface area contributed by atoms with Gasteiger partial charge < -0.3 is 15.5 Å². The Morgan fingerprint density at radius 3 is 2.76 bits per heavy atom. The van der Waals surface area contributed by atoms with E-state index in [4.69, 9.17) is 10.1 Å². The van der Waals surface area contributed by atoms with Gasteiger partial charge in [-0.1, -0.05) is 19.1 Å². The second kappa shape index (κ2) is 7.00. The zero-order valence-electron chi connectivity index (χ0n) is 14.8. The minimum absolute atomic E-state index is 0.409. The molecule has 0 bridgehead atoms. The normalized spacial score (nSPS) is 18.3. The van der Waals surface area contributed by atoms with Crippen molar-refractivity contribution in [1.29, 1.82) is 5.41 Å². The highest BCUT2D eigenvalue weighted by molar-refractivity contribution is 6.03. The van der Waals surface area contributed by atoms with Gasteiger partial charge in [0, 0.05) is 48.0 Å². The fraction of sp³-hybridized carbons (Fsp3) is 0.500. The molecule has 2 fully saturated rings. The molecule has 1 aromatic carbocycles. The third kappa shape index (κ3) is 3.47. The van der Waals surface area contributed by atoms with Gasteiger partial charge >= 0.3 is 0 Å². The molecule has 1 aliphatic heterocycles. The van der Waals surface area contributed by atoms with Gasteiger partial charge in [0.1, 0.15) is 0 Å². The minimum atomic E-state index is 0.409. The van der Waals surface area contributed by atoms with Crippen molar-refractivity contribution in [3.05, 3.63) is 36.0 Å². The summed E-state index contributed by atoms with van der Waals surface area (Å²) in [6.45, 7) is 3.66. The van der Waals surface area contributed by atoms with Gasteiger partial charge in [-0.05, 0) is 44.2 Å². The smallest absolute Gasteiger partial charge is 0.0686 e. The summed E-state index contributed by atoms with van der Waals surface area (Å²) in [5.41, 5.74) is 5.12. The Hall–Kier alpha value is -2.14. The number of ether oxygens (including phenoxy) is 1. The van der Waals surface area contributed by atoms with Gasteiger partial charge in [-0.2, -0.15) is 5.10 Å². The van der Waals surface area contributed by atoms with Gasteiger partial charge in [-0.25, -0.2) is 0 Å². The van der Waals surface area contributed by atoms with E-state index in [1.165, 1.54) is 18.4 Å². The van der Waals surface area contributed by atoms with Gasteiger partial charge in [-0.3, -0.25) is 4.68 Å². The van der Waals surface area contributed by atoms with Crippen molar-refractivity contribution in [1.82, 2.24) is 9.78 Å². The van der Waals surface area contributed by atoms with Crippen LogP contribution in [0.5, 0.6) is 0 Å². The van der Waals surface area contributed by atoms with Crippen molar-refractivity contribution >= 4 is 11.4 Å². The molecular weight excluding hydrogens is 312 g/mol. The highest BCUT2D eigenvalue weighted by Crippen LogP contribution is 2.33. The van der Waals surface area contributed by atoms with E-state index in [1.807, 2.05) is 13.1 Å². The van der Waals surface area contributed by atoms with E-state index in [0.717, 1.165) is 49.4 Å². The van der Waals surface area contributed by atoms with Gasteiger partial charge in [0.05, 0.1) is 11.7 Å². The van der Waals surface area contributed by atoms with E-state index in [2.05, 4.69) is 39.4 Å². The molecule has 5 nitrogen and oxygen atoms in total. The zero-order chi connectivity index (χ0) is 17.2. The van der Waals surface area contributed by atoms with E-state index < -0.39 is 0 Å². The van der Waals surface area contributed by atoms with Crippen molar-refractivity contribution in [3.63, 3.8) is 0 Å². The van der Waals surface area contributed by atoms with Crippen LogP contribution in [0.3, 0.4) is 0 Å². The molecule has 4 rings (SSSR count). The van der Waals surface area contributed by atoms with E-state index >= 15 is 0 Å². The number of rotatable bonds is 6. The van der Waals surface area contributed by atoms with E-state index in [1.54, 1.807) is 0 Å². The highest BCUT2D eigenvalue weighted by Gasteiger charge is 2.24. The maximum atomic E-state index is 8.26. The molecule has 2 heterocycles. The quantitative estimate of drug-likeness (QED) is 0.774. The first-order valence-electron chi connectivity index (χ1n) is 9.36. The summed E-state index contributed by atoms with van der Waals surface area (Å²) >= 11 is 0. The standard InChI is InChI=1S/C20H26N4O/c1-2-18(21)17-6-3-14(13-19(17)23-15-4-5-15)20-7-10-22-24(20)16-8-11-25-12-9-16/h3,6-7,10,13,15-16,21,23H,2,4-5,8-9,11-12H2,1H3. The highest BCUT2D eigenvalue weighted by atomic mass is 16.5. The number of benzene rings is 1. The number of nitrogens with one attached hydrogen (secondary N) is 2. The van der Waals surface area contributed by atoms with Crippen LogP contribution in [-0.4, -0.2) is 34.7 Å². The topological polar surface area (TPSA) is 62.9 Å². The number of hydrogen-bond acceptors (Lipinski definition) is 4. The maximum Gasteiger partial charge on any atom is 0.0686 e. The lowest BCUT2D eigenvalue weighted by Crippen LogP contribution is -2.21. The summed E-state index contributed by atoms with van der Waals surface area (Å²) in [5.74, 6) is 0. The predicted octanol–water partition coefficient (Wildman–Crippen LogP) is 4.25. The van der Waals surface area contributed by atoms with Crippen LogP contribution >= 0.6 is 0 Å². The Morgan fingerprint density at radius 1 is 1.24 bits per heavy atom. The number of nitrogens with zero attached hydrogens (tertiary/aromatic N) is 2. The third-order valence-corrected chi connectivity index (χ3v) is 5.14. The van der Waals surface area contributed by atoms with Crippen LogP contribution in [-0.2, 0) is 4.74 Å².